The molecule has 0 saturated heterocycles. The first-order chi connectivity index (χ1) is 12.4. The zero-order valence-electron chi connectivity index (χ0n) is 16.2. The molecule has 5 heteroatoms. The van der Waals surface area contributed by atoms with E-state index in [0.29, 0.717) is 17.0 Å². The number of anilines is 1. The van der Waals surface area contributed by atoms with Gasteiger partial charge in [0.25, 0.3) is 5.91 Å². The van der Waals surface area contributed by atoms with Gasteiger partial charge in [0.1, 0.15) is 0 Å². The molecule has 138 valence electrons. The number of benzene rings is 2. The van der Waals surface area contributed by atoms with Crippen molar-refractivity contribution in [1.82, 2.24) is 5.01 Å². The van der Waals surface area contributed by atoms with Crippen LogP contribution in [-0.4, -0.2) is 24.0 Å². The molecular weight excluding hydrogens is 324 g/mol. The number of carbonyl (C=O) groups excluding carboxylic acids is 1. The van der Waals surface area contributed by atoms with Gasteiger partial charge < -0.3 is 15.6 Å². The van der Waals surface area contributed by atoms with Gasteiger partial charge in [-0.1, -0.05) is 50.2 Å². The SMILES string of the molecule is CC.CC(C)N1C(=O)c2ccccc2/C(N(C)N)=C(/N)c2ccccc21. The summed E-state index contributed by atoms with van der Waals surface area (Å²) in [6.45, 7) is 7.99. The first kappa shape index (κ1) is 19.5. The Morgan fingerprint density at radius 2 is 1.42 bits per heavy atom. The summed E-state index contributed by atoms with van der Waals surface area (Å²) in [6, 6.07) is 15.1. The van der Waals surface area contributed by atoms with Crippen LogP contribution in [0.1, 0.15) is 49.2 Å². The summed E-state index contributed by atoms with van der Waals surface area (Å²) in [6.07, 6.45) is 0. The van der Waals surface area contributed by atoms with Crippen molar-refractivity contribution in [3.05, 3.63) is 65.2 Å². The number of para-hydroxylation sites is 1. The number of hydrogen-bond acceptors (Lipinski definition) is 4. The van der Waals surface area contributed by atoms with Gasteiger partial charge in [-0.25, -0.2) is 5.84 Å². The highest BCUT2D eigenvalue weighted by Gasteiger charge is 2.30. The molecule has 2 aromatic rings. The first-order valence-electron chi connectivity index (χ1n) is 8.94. The van der Waals surface area contributed by atoms with Crippen molar-refractivity contribution in [2.75, 3.05) is 11.9 Å². The van der Waals surface area contributed by atoms with Crippen molar-refractivity contribution < 1.29 is 4.79 Å². The average Bonchev–Trinajstić information content (AvgIpc) is 2.63. The minimum atomic E-state index is -0.0556. The largest absolute Gasteiger partial charge is 0.396 e. The van der Waals surface area contributed by atoms with Gasteiger partial charge in [-0.3, -0.25) is 4.79 Å². The smallest absolute Gasteiger partial charge is 0.259 e. The highest BCUT2D eigenvalue weighted by Crippen LogP contribution is 2.36. The van der Waals surface area contributed by atoms with Crippen LogP contribution in [-0.2, 0) is 0 Å². The van der Waals surface area contributed by atoms with Crippen LogP contribution in [0.3, 0.4) is 0 Å². The lowest BCUT2D eigenvalue weighted by molar-refractivity contribution is 0.0979. The van der Waals surface area contributed by atoms with E-state index in [9.17, 15) is 4.79 Å². The minimum absolute atomic E-state index is 0.00309. The van der Waals surface area contributed by atoms with Gasteiger partial charge in [-0.05, 0) is 26.0 Å². The Labute approximate surface area is 155 Å². The van der Waals surface area contributed by atoms with E-state index in [4.69, 9.17) is 11.6 Å². The van der Waals surface area contributed by atoms with Crippen LogP contribution in [0.15, 0.2) is 48.5 Å². The van der Waals surface area contributed by atoms with Crippen LogP contribution in [0.4, 0.5) is 5.69 Å². The Morgan fingerprint density at radius 1 is 0.923 bits per heavy atom. The molecule has 2 aromatic carbocycles. The van der Waals surface area contributed by atoms with Crippen molar-refractivity contribution >= 4 is 23.0 Å². The topological polar surface area (TPSA) is 75.6 Å². The molecule has 4 N–H and O–H groups in total. The Morgan fingerprint density at radius 3 is 1.96 bits per heavy atom. The van der Waals surface area contributed by atoms with Crippen molar-refractivity contribution in [1.29, 1.82) is 0 Å². The maximum Gasteiger partial charge on any atom is 0.259 e. The van der Waals surface area contributed by atoms with E-state index in [1.54, 1.807) is 11.9 Å². The van der Waals surface area contributed by atoms with E-state index in [-0.39, 0.29) is 11.9 Å². The molecule has 0 bridgehead atoms. The van der Waals surface area contributed by atoms with Crippen LogP contribution in [0.2, 0.25) is 0 Å². The molecule has 3 rings (SSSR count). The predicted molar refractivity (Wildman–Crippen MR) is 109 cm³/mol. The molecule has 0 saturated carbocycles. The van der Waals surface area contributed by atoms with Crippen LogP contribution in [0, 0.1) is 0 Å². The second-order valence-corrected chi connectivity index (χ2v) is 6.20. The fraction of sp³-hybridized carbons (Fsp3) is 0.286. The molecule has 0 radical (unpaired) electrons. The summed E-state index contributed by atoms with van der Waals surface area (Å²) in [7, 11) is 1.73. The zero-order valence-corrected chi connectivity index (χ0v) is 16.2. The molecule has 5 nitrogen and oxygen atoms in total. The van der Waals surface area contributed by atoms with Gasteiger partial charge >= 0.3 is 0 Å². The molecule has 1 aliphatic rings. The fourth-order valence-electron chi connectivity index (χ4n) is 3.19. The number of nitrogens with two attached hydrogens (primary N) is 2. The lowest BCUT2D eigenvalue weighted by atomic mass is 9.95. The Kier molecular flexibility index (Phi) is 6.05. The third kappa shape index (κ3) is 3.30. The van der Waals surface area contributed by atoms with Gasteiger partial charge in [0, 0.05) is 29.8 Å². The molecule has 0 spiro atoms. The number of carbonyl (C=O) groups is 1. The molecule has 0 atom stereocenters. The Balaban J connectivity index is 0.00000117. The van der Waals surface area contributed by atoms with Crippen LogP contribution in [0.5, 0.6) is 0 Å². The van der Waals surface area contributed by atoms with Gasteiger partial charge in [0.2, 0.25) is 0 Å². The highest BCUT2D eigenvalue weighted by molar-refractivity contribution is 6.13. The Bertz CT molecular complexity index is 824. The van der Waals surface area contributed by atoms with Crippen molar-refractivity contribution in [3.63, 3.8) is 0 Å². The quantitative estimate of drug-likeness (QED) is 0.639. The third-order valence-corrected chi connectivity index (χ3v) is 4.21. The summed E-state index contributed by atoms with van der Waals surface area (Å²) in [5.41, 5.74) is 10.6. The summed E-state index contributed by atoms with van der Waals surface area (Å²) in [5.74, 6) is 6.00. The number of fused-ring (bicyclic) bond motifs is 2. The van der Waals surface area contributed by atoms with Crippen molar-refractivity contribution in [2.45, 2.75) is 33.7 Å². The molecule has 26 heavy (non-hydrogen) atoms. The lowest BCUT2D eigenvalue weighted by Gasteiger charge is -2.33. The van der Waals surface area contributed by atoms with Crippen molar-refractivity contribution in [3.8, 4) is 0 Å². The number of rotatable bonds is 2. The fourth-order valence-corrected chi connectivity index (χ4v) is 3.19. The predicted octanol–water partition coefficient (Wildman–Crippen LogP) is 3.67. The normalized spacial score (nSPS) is 16.1. The summed E-state index contributed by atoms with van der Waals surface area (Å²) in [5, 5.41) is 1.48. The monoisotopic (exact) mass is 352 g/mol. The van der Waals surface area contributed by atoms with E-state index in [0.717, 1.165) is 16.8 Å². The zero-order chi connectivity index (χ0) is 19.4. The molecular formula is C21H28N4O. The van der Waals surface area contributed by atoms with Gasteiger partial charge in [0.05, 0.1) is 17.1 Å². The van der Waals surface area contributed by atoms with E-state index in [1.165, 1.54) is 5.01 Å². The Hall–Kier alpha value is -2.79. The van der Waals surface area contributed by atoms with Crippen molar-refractivity contribution in [2.24, 2.45) is 11.6 Å². The molecule has 0 fully saturated rings. The second kappa shape index (κ2) is 8.06. The van der Waals surface area contributed by atoms with Gasteiger partial charge in [0.15, 0.2) is 0 Å². The molecule has 0 unspecified atom stereocenters. The van der Waals surface area contributed by atoms with Crippen LogP contribution in [0.25, 0.3) is 11.4 Å². The number of amides is 1. The first-order valence-corrected chi connectivity index (χ1v) is 8.94. The number of hydrogen-bond donors (Lipinski definition) is 2. The van der Waals surface area contributed by atoms with E-state index in [2.05, 4.69) is 0 Å². The van der Waals surface area contributed by atoms with E-state index >= 15 is 0 Å². The molecule has 1 aliphatic heterocycles. The molecule has 1 amide bonds. The maximum atomic E-state index is 13.3. The van der Waals surface area contributed by atoms with Crippen LogP contribution >= 0.6 is 0 Å². The van der Waals surface area contributed by atoms with Crippen LogP contribution < -0.4 is 16.5 Å². The maximum absolute atomic E-state index is 13.3. The minimum Gasteiger partial charge on any atom is -0.396 e. The van der Waals surface area contributed by atoms with E-state index in [1.807, 2.05) is 76.2 Å². The average molecular weight is 352 g/mol. The molecule has 0 aromatic heterocycles. The summed E-state index contributed by atoms with van der Waals surface area (Å²) in [4.78, 5) is 15.1. The number of nitrogens with zero attached hydrogens (tertiary/aromatic N) is 2. The molecule has 0 aliphatic carbocycles. The summed E-state index contributed by atoms with van der Waals surface area (Å²) >= 11 is 0. The summed E-state index contributed by atoms with van der Waals surface area (Å²) < 4.78 is 0. The van der Waals surface area contributed by atoms with Gasteiger partial charge in [-0.15, -0.1) is 0 Å². The number of hydrazine groups is 1. The standard InChI is InChI=1S/C19H22N4O.C2H6/c1-12(2)23-16-11-7-6-10-15(16)17(20)18(22(3)21)13-8-4-5-9-14(13)19(23)24;1-2/h4-12H,20-21H2,1-3H3;1-2H3/b18-17-;. The lowest BCUT2D eigenvalue weighted by Crippen LogP contribution is -2.40. The highest BCUT2D eigenvalue weighted by atomic mass is 16.2. The van der Waals surface area contributed by atoms with Gasteiger partial charge in [-0.2, -0.15) is 0 Å². The van der Waals surface area contributed by atoms with E-state index < -0.39 is 0 Å². The second-order valence-electron chi connectivity index (χ2n) is 6.20. The molecule has 1 heterocycles. The third-order valence-electron chi connectivity index (χ3n) is 4.21.